The number of hydrogen-bond donors (Lipinski definition) is 1. The van der Waals surface area contributed by atoms with E-state index in [9.17, 15) is 9.59 Å². The number of anilines is 1. The molecule has 1 unspecified atom stereocenters. The Kier molecular flexibility index (Phi) is 5.03. The molecule has 1 aliphatic heterocycles. The van der Waals surface area contributed by atoms with E-state index in [-0.39, 0.29) is 24.2 Å². The minimum atomic E-state index is -0.300. The van der Waals surface area contributed by atoms with Gasteiger partial charge in [0.05, 0.1) is 12.5 Å². The number of thiophene rings is 1. The maximum atomic E-state index is 12.5. The van der Waals surface area contributed by atoms with E-state index in [1.807, 2.05) is 54.6 Å². The van der Waals surface area contributed by atoms with Gasteiger partial charge in [0, 0.05) is 28.4 Å². The molecule has 2 heterocycles. The lowest BCUT2D eigenvalue weighted by Crippen LogP contribution is -2.32. The van der Waals surface area contributed by atoms with Crippen LogP contribution in [0, 0.1) is 5.92 Å². The second-order valence-corrected chi connectivity index (χ2v) is 7.76. The fraction of sp³-hybridized carbons (Fsp3) is 0.182. The summed E-state index contributed by atoms with van der Waals surface area (Å²) in [6, 6.07) is 23.8. The SMILES string of the molecule is O=C(NCc1ccc(-c2ccccc2)s1)C1CC(=O)N(c2ccccc2)C1. The van der Waals surface area contributed by atoms with Crippen LogP contribution in [0.25, 0.3) is 10.4 Å². The largest absolute Gasteiger partial charge is 0.351 e. The predicted molar refractivity (Wildman–Crippen MR) is 109 cm³/mol. The summed E-state index contributed by atoms with van der Waals surface area (Å²) in [5, 5.41) is 2.99. The molecule has 1 atom stereocenters. The molecule has 2 amide bonds. The molecule has 0 bridgehead atoms. The van der Waals surface area contributed by atoms with Gasteiger partial charge in [-0.1, -0.05) is 48.5 Å². The van der Waals surface area contributed by atoms with E-state index in [0.29, 0.717) is 13.1 Å². The molecule has 2 aromatic carbocycles. The molecule has 1 saturated heterocycles. The first-order chi connectivity index (χ1) is 13.2. The molecule has 1 N–H and O–H groups in total. The maximum absolute atomic E-state index is 12.5. The Morgan fingerprint density at radius 2 is 1.70 bits per heavy atom. The minimum absolute atomic E-state index is 0.00355. The van der Waals surface area contributed by atoms with Crippen molar-refractivity contribution in [2.75, 3.05) is 11.4 Å². The molecule has 136 valence electrons. The monoisotopic (exact) mass is 376 g/mol. The van der Waals surface area contributed by atoms with E-state index < -0.39 is 0 Å². The number of amides is 2. The average Bonchev–Trinajstić information content (AvgIpc) is 3.34. The summed E-state index contributed by atoms with van der Waals surface area (Å²) in [5.41, 5.74) is 2.03. The first-order valence-corrected chi connectivity index (χ1v) is 9.79. The van der Waals surface area contributed by atoms with Gasteiger partial charge in [-0.3, -0.25) is 9.59 Å². The fourth-order valence-electron chi connectivity index (χ4n) is 3.29. The van der Waals surface area contributed by atoms with Crippen molar-refractivity contribution in [3.05, 3.63) is 77.7 Å². The topological polar surface area (TPSA) is 49.4 Å². The van der Waals surface area contributed by atoms with E-state index in [1.54, 1.807) is 16.2 Å². The molecule has 5 heteroatoms. The van der Waals surface area contributed by atoms with Crippen molar-refractivity contribution < 1.29 is 9.59 Å². The number of rotatable bonds is 5. The lowest BCUT2D eigenvalue weighted by Gasteiger charge is -2.16. The van der Waals surface area contributed by atoms with Crippen LogP contribution < -0.4 is 10.2 Å². The summed E-state index contributed by atoms with van der Waals surface area (Å²) < 4.78 is 0. The standard InChI is InChI=1S/C22H20N2O2S/c25-21-13-17(15-24(21)18-9-5-2-6-10-18)22(26)23-14-19-11-12-20(27-19)16-7-3-1-4-8-16/h1-12,17H,13-15H2,(H,23,26). The highest BCUT2D eigenvalue weighted by atomic mass is 32.1. The molecule has 4 nitrogen and oxygen atoms in total. The van der Waals surface area contributed by atoms with E-state index in [1.165, 1.54) is 10.4 Å². The van der Waals surface area contributed by atoms with Crippen LogP contribution in [-0.4, -0.2) is 18.4 Å². The second-order valence-electron chi connectivity index (χ2n) is 6.59. The van der Waals surface area contributed by atoms with Crippen LogP contribution >= 0.6 is 11.3 Å². The Morgan fingerprint density at radius 1 is 1.00 bits per heavy atom. The Hall–Kier alpha value is -2.92. The van der Waals surface area contributed by atoms with Crippen molar-refractivity contribution in [1.29, 1.82) is 0 Å². The molecule has 3 aromatic rings. The smallest absolute Gasteiger partial charge is 0.227 e. The van der Waals surface area contributed by atoms with Crippen molar-refractivity contribution in [1.82, 2.24) is 5.32 Å². The van der Waals surface area contributed by atoms with Crippen LogP contribution in [0.1, 0.15) is 11.3 Å². The number of para-hydroxylation sites is 1. The van der Waals surface area contributed by atoms with E-state index in [0.717, 1.165) is 10.6 Å². The normalized spacial score (nSPS) is 16.5. The molecule has 4 rings (SSSR count). The molecular weight excluding hydrogens is 356 g/mol. The van der Waals surface area contributed by atoms with Crippen molar-refractivity contribution in [2.24, 2.45) is 5.92 Å². The highest BCUT2D eigenvalue weighted by molar-refractivity contribution is 7.15. The average molecular weight is 376 g/mol. The molecule has 0 spiro atoms. The van der Waals surface area contributed by atoms with Crippen molar-refractivity contribution in [2.45, 2.75) is 13.0 Å². The Morgan fingerprint density at radius 3 is 2.44 bits per heavy atom. The zero-order valence-electron chi connectivity index (χ0n) is 14.8. The Labute approximate surface area is 162 Å². The summed E-state index contributed by atoms with van der Waals surface area (Å²) in [7, 11) is 0. The molecular formula is C22H20N2O2S. The van der Waals surface area contributed by atoms with Gasteiger partial charge in [-0.2, -0.15) is 0 Å². The number of nitrogens with one attached hydrogen (secondary N) is 1. The van der Waals surface area contributed by atoms with Gasteiger partial charge in [0.1, 0.15) is 0 Å². The zero-order chi connectivity index (χ0) is 18.6. The first-order valence-electron chi connectivity index (χ1n) is 8.98. The number of nitrogens with zero attached hydrogens (tertiary/aromatic N) is 1. The van der Waals surface area contributed by atoms with Crippen molar-refractivity contribution >= 4 is 28.8 Å². The van der Waals surface area contributed by atoms with Gasteiger partial charge in [-0.15, -0.1) is 11.3 Å². The van der Waals surface area contributed by atoms with Gasteiger partial charge >= 0.3 is 0 Å². The van der Waals surface area contributed by atoms with Crippen LogP contribution in [-0.2, 0) is 16.1 Å². The van der Waals surface area contributed by atoms with Gasteiger partial charge < -0.3 is 10.2 Å². The lowest BCUT2D eigenvalue weighted by molar-refractivity contribution is -0.126. The third kappa shape index (κ3) is 3.93. The fourth-order valence-corrected chi connectivity index (χ4v) is 4.24. The molecule has 0 aliphatic carbocycles. The first kappa shape index (κ1) is 17.5. The third-order valence-electron chi connectivity index (χ3n) is 4.72. The molecule has 1 fully saturated rings. The number of hydrogen-bond acceptors (Lipinski definition) is 3. The summed E-state index contributed by atoms with van der Waals surface area (Å²) in [6.07, 6.45) is 0.264. The van der Waals surface area contributed by atoms with Crippen molar-refractivity contribution in [3.63, 3.8) is 0 Å². The summed E-state index contributed by atoms with van der Waals surface area (Å²) in [4.78, 5) is 28.8. The summed E-state index contributed by atoms with van der Waals surface area (Å²) >= 11 is 1.68. The molecule has 0 radical (unpaired) electrons. The maximum Gasteiger partial charge on any atom is 0.227 e. The lowest BCUT2D eigenvalue weighted by atomic mass is 10.1. The van der Waals surface area contributed by atoms with Crippen LogP contribution in [0.4, 0.5) is 5.69 Å². The summed E-state index contributed by atoms with van der Waals surface area (Å²) in [5.74, 6) is -0.355. The molecule has 1 aromatic heterocycles. The number of carbonyl (C=O) groups is 2. The molecule has 27 heavy (non-hydrogen) atoms. The van der Waals surface area contributed by atoms with Crippen LogP contribution in [0.5, 0.6) is 0 Å². The Bertz CT molecular complexity index is 937. The van der Waals surface area contributed by atoms with Crippen LogP contribution in [0.2, 0.25) is 0 Å². The van der Waals surface area contributed by atoms with Gasteiger partial charge in [-0.25, -0.2) is 0 Å². The minimum Gasteiger partial charge on any atom is -0.351 e. The Balaban J connectivity index is 1.35. The highest BCUT2D eigenvalue weighted by Gasteiger charge is 2.34. The number of carbonyl (C=O) groups excluding carboxylic acids is 2. The van der Waals surface area contributed by atoms with Gasteiger partial charge in [0.15, 0.2) is 0 Å². The number of benzene rings is 2. The molecule has 0 saturated carbocycles. The van der Waals surface area contributed by atoms with Crippen LogP contribution in [0.15, 0.2) is 72.8 Å². The molecule has 1 aliphatic rings. The quantitative estimate of drug-likeness (QED) is 0.729. The predicted octanol–water partition coefficient (Wildman–Crippen LogP) is 4.08. The summed E-state index contributed by atoms with van der Waals surface area (Å²) in [6.45, 7) is 0.931. The van der Waals surface area contributed by atoms with Gasteiger partial charge in [0.25, 0.3) is 0 Å². The van der Waals surface area contributed by atoms with Crippen LogP contribution in [0.3, 0.4) is 0 Å². The second kappa shape index (κ2) is 7.76. The van der Waals surface area contributed by atoms with Crippen molar-refractivity contribution in [3.8, 4) is 10.4 Å². The highest BCUT2D eigenvalue weighted by Crippen LogP contribution is 2.28. The van der Waals surface area contributed by atoms with E-state index in [4.69, 9.17) is 0 Å². The zero-order valence-corrected chi connectivity index (χ0v) is 15.6. The van der Waals surface area contributed by atoms with E-state index >= 15 is 0 Å². The van der Waals surface area contributed by atoms with Gasteiger partial charge in [-0.05, 0) is 29.8 Å². The van der Waals surface area contributed by atoms with Gasteiger partial charge in [0.2, 0.25) is 11.8 Å². The van der Waals surface area contributed by atoms with E-state index in [2.05, 4.69) is 23.5 Å². The third-order valence-corrected chi connectivity index (χ3v) is 5.85.